The zero-order chi connectivity index (χ0) is 21.6. The van der Waals surface area contributed by atoms with Crippen molar-refractivity contribution >= 4 is 23.2 Å². The Kier molecular flexibility index (Phi) is 12.8. The molecule has 2 amide bonds. The van der Waals surface area contributed by atoms with Crippen LogP contribution >= 0.6 is 11.3 Å². The van der Waals surface area contributed by atoms with Gasteiger partial charge in [-0.1, -0.05) is 13.8 Å². The number of nitrogens with two attached hydrogens (primary N) is 3. The van der Waals surface area contributed by atoms with Crippen molar-refractivity contribution < 1.29 is 9.59 Å². The molecule has 0 spiro atoms. The molecule has 1 aromatic heterocycles. The first-order valence-electron chi connectivity index (χ1n) is 10.7. The average Bonchev–Trinajstić information content (AvgIpc) is 3.12. The first kappa shape index (κ1) is 25.6. The van der Waals surface area contributed by atoms with E-state index in [0.717, 1.165) is 32.1 Å². The number of hydrogen-bond donors (Lipinski definition) is 5. The van der Waals surface area contributed by atoms with Gasteiger partial charge in [0.2, 0.25) is 11.8 Å². The van der Waals surface area contributed by atoms with E-state index in [9.17, 15) is 9.59 Å². The zero-order valence-corrected chi connectivity index (χ0v) is 18.7. The molecular weight excluding hydrogens is 386 g/mol. The van der Waals surface area contributed by atoms with Crippen molar-refractivity contribution in [1.29, 1.82) is 0 Å². The van der Waals surface area contributed by atoms with Crippen molar-refractivity contribution in [3.8, 4) is 0 Å². The quantitative estimate of drug-likeness (QED) is 0.270. The number of hydrogen-bond acceptors (Lipinski definition) is 6. The van der Waals surface area contributed by atoms with Gasteiger partial charge >= 0.3 is 0 Å². The number of thiophene rings is 1. The summed E-state index contributed by atoms with van der Waals surface area (Å²) in [5.41, 5.74) is 17.1. The number of nitrogens with one attached hydrogen (secondary N) is 2. The summed E-state index contributed by atoms with van der Waals surface area (Å²) >= 11 is 1.76. The van der Waals surface area contributed by atoms with E-state index in [1.807, 2.05) is 13.8 Å². The van der Waals surface area contributed by atoms with Crippen LogP contribution in [0, 0.1) is 5.92 Å². The molecule has 0 aromatic carbocycles. The number of amides is 2. The molecule has 0 aliphatic carbocycles. The van der Waals surface area contributed by atoms with Gasteiger partial charge in [0.25, 0.3) is 0 Å². The van der Waals surface area contributed by atoms with Crippen LogP contribution in [0.3, 0.4) is 0 Å². The van der Waals surface area contributed by atoms with E-state index in [0.29, 0.717) is 38.4 Å². The molecule has 8 heteroatoms. The molecule has 2 atom stereocenters. The lowest BCUT2D eigenvalue weighted by atomic mass is 10.0. The van der Waals surface area contributed by atoms with Crippen LogP contribution in [0.5, 0.6) is 0 Å². The van der Waals surface area contributed by atoms with Gasteiger partial charge in [-0.3, -0.25) is 9.59 Å². The second-order valence-electron chi connectivity index (χ2n) is 7.88. The first-order chi connectivity index (χ1) is 13.9. The standard InChI is InChI=1S/C21H39N5O2S/c1-15(2)14-18(24)20(27)26-19(7-3-4-11-22)21(28)25-13-10-17-9-8-16(29-17)6-5-12-23/h8-9,15,18-19H,3-7,10-14,22-24H2,1-2H3,(H,25,28)(H,26,27)/t18-,19+/m0/s1. The Morgan fingerprint density at radius 1 is 1.00 bits per heavy atom. The fraction of sp³-hybridized carbons (Fsp3) is 0.714. The number of unbranched alkanes of at least 4 members (excludes halogenated alkanes) is 1. The van der Waals surface area contributed by atoms with Crippen LogP contribution < -0.4 is 27.8 Å². The van der Waals surface area contributed by atoms with Crippen molar-refractivity contribution in [3.05, 3.63) is 21.9 Å². The molecule has 0 bridgehead atoms. The van der Waals surface area contributed by atoms with Crippen LogP contribution in [-0.4, -0.2) is 43.5 Å². The van der Waals surface area contributed by atoms with E-state index in [2.05, 4.69) is 22.8 Å². The molecule has 0 fully saturated rings. The fourth-order valence-corrected chi connectivity index (χ4v) is 4.11. The van der Waals surface area contributed by atoms with Gasteiger partial charge in [-0.05, 0) is 76.1 Å². The molecule has 29 heavy (non-hydrogen) atoms. The van der Waals surface area contributed by atoms with Gasteiger partial charge in [0, 0.05) is 16.3 Å². The fourth-order valence-electron chi connectivity index (χ4n) is 3.05. The minimum absolute atomic E-state index is 0.160. The lowest BCUT2D eigenvalue weighted by Gasteiger charge is -2.21. The van der Waals surface area contributed by atoms with E-state index < -0.39 is 12.1 Å². The van der Waals surface area contributed by atoms with E-state index in [1.54, 1.807) is 11.3 Å². The molecule has 0 saturated heterocycles. The molecule has 0 unspecified atom stereocenters. The third kappa shape index (κ3) is 10.7. The highest BCUT2D eigenvalue weighted by Gasteiger charge is 2.23. The van der Waals surface area contributed by atoms with Crippen LogP contribution in [0.25, 0.3) is 0 Å². The van der Waals surface area contributed by atoms with Crippen molar-refractivity contribution in [2.45, 2.75) is 70.9 Å². The highest BCUT2D eigenvalue weighted by molar-refractivity contribution is 7.11. The highest BCUT2D eigenvalue weighted by atomic mass is 32.1. The van der Waals surface area contributed by atoms with Crippen LogP contribution in [0.1, 0.15) is 55.7 Å². The van der Waals surface area contributed by atoms with Crippen molar-refractivity contribution in [3.63, 3.8) is 0 Å². The Morgan fingerprint density at radius 3 is 2.28 bits per heavy atom. The lowest BCUT2D eigenvalue weighted by molar-refractivity contribution is -0.130. The van der Waals surface area contributed by atoms with Crippen molar-refractivity contribution in [1.82, 2.24) is 10.6 Å². The SMILES string of the molecule is CC(C)C[C@H](N)C(=O)N[C@H](CCCCN)C(=O)NCCc1ccc(CCCN)s1. The monoisotopic (exact) mass is 425 g/mol. The van der Waals surface area contributed by atoms with Gasteiger partial charge in [-0.25, -0.2) is 0 Å². The predicted molar refractivity (Wildman–Crippen MR) is 121 cm³/mol. The van der Waals surface area contributed by atoms with E-state index in [1.165, 1.54) is 9.75 Å². The molecule has 166 valence electrons. The van der Waals surface area contributed by atoms with E-state index in [4.69, 9.17) is 17.2 Å². The summed E-state index contributed by atoms with van der Waals surface area (Å²) < 4.78 is 0. The van der Waals surface area contributed by atoms with Crippen LogP contribution in [-0.2, 0) is 22.4 Å². The Balaban J connectivity index is 2.52. The van der Waals surface area contributed by atoms with Gasteiger partial charge in [0.15, 0.2) is 0 Å². The molecule has 0 radical (unpaired) electrons. The van der Waals surface area contributed by atoms with Crippen molar-refractivity contribution in [2.75, 3.05) is 19.6 Å². The molecule has 1 rings (SSSR count). The summed E-state index contributed by atoms with van der Waals surface area (Å²) in [7, 11) is 0. The molecule has 1 heterocycles. The van der Waals surface area contributed by atoms with Gasteiger partial charge in [-0.15, -0.1) is 11.3 Å². The molecule has 1 aromatic rings. The molecule has 8 N–H and O–H groups in total. The van der Waals surface area contributed by atoms with Crippen molar-refractivity contribution in [2.24, 2.45) is 23.1 Å². The first-order valence-corrected chi connectivity index (χ1v) is 11.5. The zero-order valence-electron chi connectivity index (χ0n) is 17.9. The van der Waals surface area contributed by atoms with Gasteiger partial charge in [0.05, 0.1) is 6.04 Å². The third-order valence-corrected chi connectivity index (χ3v) is 5.86. The Labute approximate surface area is 179 Å². The smallest absolute Gasteiger partial charge is 0.242 e. The lowest BCUT2D eigenvalue weighted by Crippen LogP contribution is -2.52. The predicted octanol–water partition coefficient (Wildman–Crippen LogP) is 1.29. The molecule has 0 saturated carbocycles. The molecule has 7 nitrogen and oxygen atoms in total. The Morgan fingerprint density at radius 2 is 1.66 bits per heavy atom. The summed E-state index contributed by atoms with van der Waals surface area (Å²) in [6.45, 7) is 5.84. The van der Waals surface area contributed by atoms with E-state index >= 15 is 0 Å². The second-order valence-corrected chi connectivity index (χ2v) is 9.14. The van der Waals surface area contributed by atoms with Gasteiger partial charge in [-0.2, -0.15) is 0 Å². The summed E-state index contributed by atoms with van der Waals surface area (Å²) in [6, 6.07) is 3.06. The Hall–Kier alpha value is -1.48. The summed E-state index contributed by atoms with van der Waals surface area (Å²) in [5.74, 6) is -0.109. The molecular formula is C21H39N5O2S. The van der Waals surface area contributed by atoms with Crippen LogP contribution in [0.15, 0.2) is 12.1 Å². The highest BCUT2D eigenvalue weighted by Crippen LogP contribution is 2.18. The second kappa shape index (κ2) is 14.5. The van der Waals surface area contributed by atoms with Crippen LogP contribution in [0.4, 0.5) is 0 Å². The number of rotatable bonds is 15. The maximum atomic E-state index is 12.6. The minimum atomic E-state index is -0.599. The maximum Gasteiger partial charge on any atom is 0.242 e. The number of carbonyl (C=O) groups is 2. The molecule has 0 aliphatic heterocycles. The largest absolute Gasteiger partial charge is 0.354 e. The minimum Gasteiger partial charge on any atom is -0.354 e. The topological polar surface area (TPSA) is 136 Å². The normalized spacial score (nSPS) is 13.3. The molecule has 0 aliphatic rings. The maximum absolute atomic E-state index is 12.6. The van der Waals surface area contributed by atoms with E-state index in [-0.39, 0.29) is 11.8 Å². The number of aryl methyl sites for hydroxylation is 1. The summed E-state index contributed by atoms with van der Waals surface area (Å²) in [4.78, 5) is 27.6. The van der Waals surface area contributed by atoms with Gasteiger partial charge in [0.1, 0.15) is 6.04 Å². The van der Waals surface area contributed by atoms with Gasteiger partial charge < -0.3 is 27.8 Å². The summed E-state index contributed by atoms with van der Waals surface area (Å²) in [5, 5.41) is 5.79. The Bertz CT molecular complexity index is 606. The summed E-state index contributed by atoms with van der Waals surface area (Å²) in [6.07, 6.45) is 5.51. The van der Waals surface area contributed by atoms with Crippen LogP contribution in [0.2, 0.25) is 0 Å². The number of carbonyl (C=O) groups excluding carboxylic acids is 2. The average molecular weight is 426 g/mol. The third-order valence-electron chi connectivity index (χ3n) is 4.66.